The van der Waals surface area contributed by atoms with Crippen LogP contribution in [0, 0.1) is 11.3 Å². The standard InChI is InChI=1S/C17H13Cl2N3O3S/c1-25-17(24)22-5-4-10-12(7-20)16(26-14(10)8-22)21-15(23)11-6-9(18)2-3-13(11)19/h2-3,6H,4-5,8H2,1H3,(H,21,23). The molecule has 1 N–H and O–H groups in total. The van der Waals surface area contributed by atoms with Crippen molar-refractivity contribution in [3.63, 3.8) is 0 Å². The molecular formula is C17H13Cl2N3O3S. The summed E-state index contributed by atoms with van der Waals surface area (Å²) in [5.74, 6) is -0.447. The molecule has 1 aliphatic heterocycles. The third kappa shape index (κ3) is 3.49. The smallest absolute Gasteiger partial charge is 0.409 e. The van der Waals surface area contributed by atoms with E-state index in [0.717, 1.165) is 10.4 Å². The maximum atomic E-state index is 12.5. The third-order valence-corrected chi connectivity index (χ3v) is 5.70. The number of amides is 2. The SMILES string of the molecule is COC(=O)N1CCc2c(sc(NC(=O)c3cc(Cl)ccc3Cl)c2C#N)C1. The molecular weight excluding hydrogens is 397 g/mol. The molecule has 0 spiro atoms. The summed E-state index contributed by atoms with van der Waals surface area (Å²) >= 11 is 13.3. The minimum atomic E-state index is -0.447. The second kappa shape index (κ2) is 7.54. The van der Waals surface area contributed by atoms with Gasteiger partial charge in [0.1, 0.15) is 11.1 Å². The Hall–Kier alpha value is -2.27. The first-order chi connectivity index (χ1) is 12.4. The second-order valence-electron chi connectivity index (χ2n) is 5.54. The molecule has 2 heterocycles. The number of thiophene rings is 1. The van der Waals surface area contributed by atoms with Gasteiger partial charge in [-0.2, -0.15) is 5.26 Å². The third-order valence-electron chi connectivity index (χ3n) is 4.00. The number of rotatable bonds is 2. The number of ether oxygens (including phenoxy) is 1. The van der Waals surface area contributed by atoms with E-state index in [2.05, 4.69) is 11.4 Å². The highest BCUT2D eigenvalue weighted by atomic mass is 35.5. The average molecular weight is 410 g/mol. The molecule has 2 aromatic rings. The van der Waals surface area contributed by atoms with Crippen LogP contribution < -0.4 is 5.32 Å². The lowest BCUT2D eigenvalue weighted by atomic mass is 10.0. The Morgan fingerprint density at radius 3 is 2.85 bits per heavy atom. The first kappa shape index (κ1) is 18.5. The van der Waals surface area contributed by atoms with Crippen molar-refractivity contribution in [2.24, 2.45) is 0 Å². The number of nitrogens with one attached hydrogen (secondary N) is 1. The number of halogens is 2. The average Bonchev–Trinajstić information content (AvgIpc) is 2.98. The van der Waals surface area contributed by atoms with Gasteiger partial charge < -0.3 is 15.0 Å². The lowest BCUT2D eigenvalue weighted by Gasteiger charge is -2.25. The fourth-order valence-electron chi connectivity index (χ4n) is 2.74. The first-order valence-electron chi connectivity index (χ1n) is 7.58. The molecule has 6 nitrogen and oxygen atoms in total. The predicted octanol–water partition coefficient (Wildman–Crippen LogP) is 4.30. The van der Waals surface area contributed by atoms with Gasteiger partial charge >= 0.3 is 6.09 Å². The molecule has 0 radical (unpaired) electrons. The number of nitrogens with zero attached hydrogens (tertiary/aromatic N) is 2. The minimum absolute atomic E-state index is 0.227. The van der Waals surface area contributed by atoms with Crippen molar-refractivity contribution < 1.29 is 14.3 Å². The van der Waals surface area contributed by atoms with E-state index in [-0.39, 0.29) is 10.6 Å². The van der Waals surface area contributed by atoms with Crippen molar-refractivity contribution in [3.05, 3.63) is 49.8 Å². The van der Waals surface area contributed by atoms with Crippen LogP contribution in [0.3, 0.4) is 0 Å². The van der Waals surface area contributed by atoms with Crippen LogP contribution in [0.15, 0.2) is 18.2 Å². The maximum absolute atomic E-state index is 12.5. The highest BCUT2D eigenvalue weighted by Crippen LogP contribution is 2.37. The van der Waals surface area contributed by atoms with E-state index >= 15 is 0 Å². The quantitative estimate of drug-likeness (QED) is 0.800. The van der Waals surface area contributed by atoms with Crippen molar-refractivity contribution in [2.75, 3.05) is 19.0 Å². The summed E-state index contributed by atoms with van der Waals surface area (Å²) in [6.07, 6.45) is 0.108. The van der Waals surface area contributed by atoms with Crippen LogP contribution in [0.4, 0.5) is 9.80 Å². The van der Waals surface area contributed by atoms with E-state index in [1.807, 2.05) is 0 Å². The molecule has 1 aromatic heterocycles. The highest BCUT2D eigenvalue weighted by Gasteiger charge is 2.28. The summed E-state index contributed by atoms with van der Waals surface area (Å²) < 4.78 is 4.74. The maximum Gasteiger partial charge on any atom is 0.409 e. The predicted molar refractivity (Wildman–Crippen MR) is 100.0 cm³/mol. The molecule has 0 saturated carbocycles. The molecule has 0 unspecified atom stereocenters. The lowest BCUT2D eigenvalue weighted by molar-refractivity contribution is 0.102. The fourth-order valence-corrected chi connectivity index (χ4v) is 4.32. The van der Waals surface area contributed by atoms with Gasteiger partial charge in [0.2, 0.25) is 0 Å². The molecule has 0 fully saturated rings. The van der Waals surface area contributed by atoms with E-state index in [1.54, 1.807) is 11.0 Å². The molecule has 9 heteroatoms. The van der Waals surface area contributed by atoms with E-state index in [0.29, 0.717) is 35.1 Å². The summed E-state index contributed by atoms with van der Waals surface area (Å²) in [6.45, 7) is 0.799. The van der Waals surface area contributed by atoms with Crippen molar-refractivity contribution in [2.45, 2.75) is 13.0 Å². The van der Waals surface area contributed by atoms with Gasteiger partial charge in [0, 0.05) is 16.4 Å². The zero-order valence-electron chi connectivity index (χ0n) is 13.6. The molecule has 2 amide bonds. The number of hydrogen-bond donors (Lipinski definition) is 1. The summed E-state index contributed by atoms with van der Waals surface area (Å²) in [6, 6.07) is 6.75. The molecule has 1 aromatic carbocycles. The minimum Gasteiger partial charge on any atom is -0.453 e. The molecule has 0 saturated heterocycles. The number of methoxy groups -OCH3 is 1. The van der Waals surface area contributed by atoms with Gasteiger partial charge in [0.15, 0.2) is 0 Å². The molecule has 134 valence electrons. The molecule has 26 heavy (non-hydrogen) atoms. The topological polar surface area (TPSA) is 82.4 Å². The van der Waals surface area contributed by atoms with Crippen LogP contribution in [0.2, 0.25) is 10.0 Å². The summed E-state index contributed by atoms with van der Waals surface area (Å²) in [5.41, 5.74) is 1.50. The van der Waals surface area contributed by atoms with Gasteiger partial charge in [0.25, 0.3) is 5.91 Å². The van der Waals surface area contributed by atoms with Gasteiger partial charge in [-0.25, -0.2) is 4.79 Å². The Balaban J connectivity index is 1.89. The van der Waals surface area contributed by atoms with Gasteiger partial charge in [0.05, 0.1) is 29.8 Å². The number of fused-ring (bicyclic) bond motifs is 1. The Bertz CT molecular complexity index is 936. The summed E-state index contributed by atoms with van der Waals surface area (Å²) in [4.78, 5) is 26.7. The van der Waals surface area contributed by atoms with Gasteiger partial charge in [-0.3, -0.25) is 4.79 Å². The molecule has 0 bridgehead atoms. The number of benzene rings is 1. The van der Waals surface area contributed by atoms with E-state index in [9.17, 15) is 14.9 Å². The Morgan fingerprint density at radius 1 is 1.38 bits per heavy atom. The van der Waals surface area contributed by atoms with Crippen LogP contribution in [0.5, 0.6) is 0 Å². The van der Waals surface area contributed by atoms with E-state index in [1.165, 1.54) is 30.6 Å². The van der Waals surface area contributed by atoms with Gasteiger partial charge in [-0.15, -0.1) is 11.3 Å². The van der Waals surface area contributed by atoms with Gasteiger partial charge in [-0.05, 0) is 30.2 Å². The summed E-state index contributed by atoms with van der Waals surface area (Å²) in [5, 5.41) is 13.4. The van der Waals surface area contributed by atoms with Crippen molar-refractivity contribution in [1.29, 1.82) is 5.26 Å². The summed E-state index contributed by atoms with van der Waals surface area (Å²) in [7, 11) is 1.33. The number of nitriles is 1. The lowest BCUT2D eigenvalue weighted by Crippen LogP contribution is -2.35. The zero-order chi connectivity index (χ0) is 18.8. The normalized spacial score (nSPS) is 12.9. The van der Waals surface area contributed by atoms with Crippen molar-refractivity contribution in [3.8, 4) is 6.07 Å². The van der Waals surface area contributed by atoms with Crippen molar-refractivity contribution in [1.82, 2.24) is 4.90 Å². The number of hydrogen-bond acceptors (Lipinski definition) is 5. The largest absolute Gasteiger partial charge is 0.453 e. The first-order valence-corrected chi connectivity index (χ1v) is 9.15. The zero-order valence-corrected chi connectivity index (χ0v) is 16.0. The molecule has 0 atom stereocenters. The van der Waals surface area contributed by atoms with E-state index < -0.39 is 12.0 Å². The number of carbonyl (C=O) groups is 2. The van der Waals surface area contributed by atoms with Crippen LogP contribution in [-0.2, 0) is 17.7 Å². The van der Waals surface area contributed by atoms with Crippen molar-refractivity contribution >= 4 is 51.5 Å². The Morgan fingerprint density at radius 2 is 2.15 bits per heavy atom. The molecule has 3 rings (SSSR count). The number of anilines is 1. The van der Waals surface area contributed by atoms with Crippen LogP contribution >= 0.6 is 34.5 Å². The number of carbonyl (C=O) groups excluding carboxylic acids is 2. The highest BCUT2D eigenvalue weighted by molar-refractivity contribution is 7.16. The van der Waals surface area contributed by atoms with Crippen LogP contribution in [0.1, 0.15) is 26.4 Å². The molecule has 1 aliphatic rings. The van der Waals surface area contributed by atoms with Crippen LogP contribution in [0.25, 0.3) is 0 Å². The van der Waals surface area contributed by atoms with Gasteiger partial charge in [-0.1, -0.05) is 23.2 Å². The second-order valence-corrected chi connectivity index (χ2v) is 7.49. The Kier molecular flexibility index (Phi) is 5.37. The Labute approximate surface area is 163 Å². The molecule has 0 aliphatic carbocycles. The van der Waals surface area contributed by atoms with Crippen LogP contribution in [-0.4, -0.2) is 30.6 Å². The fraction of sp³-hybridized carbons (Fsp3) is 0.235. The van der Waals surface area contributed by atoms with E-state index in [4.69, 9.17) is 27.9 Å². The monoisotopic (exact) mass is 409 g/mol.